The summed E-state index contributed by atoms with van der Waals surface area (Å²) in [7, 11) is 0. The highest BCUT2D eigenvalue weighted by Gasteiger charge is 2.20. The third kappa shape index (κ3) is 5.03. The van der Waals surface area contributed by atoms with Crippen LogP contribution in [0.1, 0.15) is 10.4 Å². The van der Waals surface area contributed by atoms with Crippen LogP contribution in [0.15, 0.2) is 40.9 Å². The van der Waals surface area contributed by atoms with Gasteiger partial charge in [-0.05, 0) is 36.4 Å². The van der Waals surface area contributed by atoms with Crippen molar-refractivity contribution < 1.29 is 4.79 Å². The molecular weight excluding hydrogens is 495 g/mol. The Kier molecular flexibility index (Phi) is 6.61. The molecule has 1 aliphatic rings. The van der Waals surface area contributed by atoms with Crippen LogP contribution in [-0.2, 0) is 0 Å². The van der Waals surface area contributed by atoms with Crippen molar-refractivity contribution >= 4 is 71.7 Å². The lowest BCUT2D eigenvalue weighted by Crippen LogP contribution is -2.48. The lowest BCUT2D eigenvalue weighted by atomic mass is 10.2. The molecule has 152 valence electrons. The smallest absolute Gasteiger partial charge is 0.252 e. The van der Waals surface area contributed by atoms with Gasteiger partial charge < -0.3 is 10.2 Å². The molecule has 1 aromatic heterocycles. The Bertz CT molecular complexity index is 1040. The Labute approximate surface area is 191 Å². The Morgan fingerprint density at radius 1 is 1.14 bits per heavy atom. The zero-order valence-electron chi connectivity index (χ0n) is 15.5. The van der Waals surface area contributed by atoms with E-state index >= 15 is 0 Å². The maximum atomic E-state index is 12.3. The second-order valence-corrected chi connectivity index (χ2v) is 9.59. The molecule has 9 heteroatoms. The molecule has 2 aromatic carbocycles. The zero-order valence-corrected chi connectivity index (χ0v) is 19.4. The molecule has 1 saturated heterocycles. The van der Waals surface area contributed by atoms with Crippen molar-refractivity contribution in [2.45, 2.75) is 0 Å². The monoisotopic (exact) mass is 512 g/mol. The summed E-state index contributed by atoms with van der Waals surface area (Å²) in [5, 5.41) is 4.89. The van der Waals surface area contributed by atoms with Crippen LogP contribution >= 0.6 is 50.5 Å². The number of anilines is 1. The highest BCUT2D eigenvalue weighted by molar-refractivity contribution is 9.10. The van der Waals surface area contributed by atoms with Gasteiger partial charge in [0.25, 0.3) is 5.91 Å². The summed E-state index contributed by atoms with van der Waals surface area (Å²) in [5.74, 6) is -0.175. The summed E-state index contributed by atoms with van der Waals surface area (Å²) >= 11 is 17.2. The van der Waals surface area contributed by atoms with E-state index in [2.05, 4.69) is 37.1 Å². The molecule has 0 bridgehead atoms. The number of nitrogens with one attached hydrogen (secondary N) is 1. The third-order valence-corrected chi connectivity index (χ3v) is 6.99. The fourth-order valence-electron chi connectivity index (χ4n) is 3.28. The molecule has 0 spiro atoms. The van der Waals surface area contributed by atoms with Gasteiger partial charge in [-0.15, -0.1) is 0 Å². The van der Waals surface area contributed by atoms with E-state index in [1.54, 1.807) is 29.5 Å². The molecule has 0 saturated carbocycles. The van der Waals surface area contributed by atoms with Crippen molar-refractivity contribution in [2.24, 2.45) is 0 Å². The first-order valence-electron chi connectivity index (χ1n) is 9.26. The van der Waals surface area contributed by atoms with Crippen molar-refractivity contribution in [1.29, 1.82) is 0 Å². The molecule has 1 aliphatic heterocycles. The molecule has 0 unspecified atom stereocenters. The summed E-state index contributed by atoms with van der Waals surface area (Å²) in [4.78, 5) is 21.7. The molecule has 29 heavy (non-hydrogen) atoms. The first-order chi connectivity index (χ1) is 14.0. The SMILES string of the molecule is O=C(NCCN1CCN(c2nc3ccc(Br)cc3s2)CC1)c1ccc(Cl)cc1Cl. The van der Waals surface area contributed by atoms with Gasteiger partial charge in [-0.1, -0.05) is 50.5 Å². The van der Waals surface area contributed by atoms with Crippen molar-refractivity contribution in [3.63, 3.8) is 0 Å². The normalized spacial score (nSPS) is 15.1. The van der Waals surface area contributed by atoms with E-state index in [-0.39, 0.29) is 5.91 Å². The average molecular weight is 514 g/mol. The highest BCUT2D eigenvalue weighted by atomic mass is 79.9. The van der Waals surface area contributed by atoms with Crippen LogP contribution in [0.25, 0.3) is 10.2 Å². The second-order valence-electron chi connectivity index (χ2n) is 6.82. The fraction of sp³-hybridized carbons (Fsp3) is 0.300. The van der Waals surface area contributed by atoms with Gasteiger partial charge in [0.1, 0.15) is 0 Å². The van der Waals surface area contributed by atoms with Gasteiger partial charge >= 0.3 is 0 Å². The minimum atomic E-state index is -0.175. The molecule has 1 fully saturated rings. The van der Waals surface area contributed by atoms with Crippen LogP contribution in [0.3, 0.4) is 0 Å². The van der Waals surface area contributed by atoms with E-state index in [1.165, 1.54) is 4.70 Å². The van der Waals surface area contributed by atoms with E-state index in [0.717, 1.165) is 47.8 Å². The standard InChI is InChI=1S/C20H19BrCl2N4OS/c21-13-1-4-17-18(11-13)29-20(25-17)27-9-7-26(8-10-27)6-5-24-19(28)15-3-2-14(22)12-16(15)23/h1-4,11-12H,5-10H2,(H,24,28). The summed E-state index contributed by atoms with van der Waals surface area (Å²) in [6.07, 6.45) is 0. The van der Waals surface area contributed by atoms with Crippen molar-refractivity contribution in [3.05, 3.63) is 56.5 Å². The van der Waals surface area contributed by atoms with Crippen molar-refractivity contribution in [1.82, 2.24) is 15.2 Å². The van der Waals surface area contributed by atoms with Gasteiger partial charge in [-0.25, -0.2) is 4.98 Å². The van der Waals surface area contributed by atoms with Crippen LogP contribution in [0.2, 0.25) is 10.0 Å². The summed E-state index contributed by atoms with van der Waals surface area (Å²) in [5.41, 5.74) is 1.49. The van der Waals surface area contributed by atoms with Crippen molar-refractivity contribution in [3.8, 4) is 0 Å². The predicted octanol–water partition coefficient (Wildman–Crippen LogP) is 4.92. The van der Waals surface area contributed by atoms with E-state index in [1.807, 2.05) is 12.1 Å². The number of hydrogen-bond donors (Lipinski definition) is 1. The summed E-state index contributed by atoms with van der Waals surface area (Å²) in [6, 6.07) is 11.1. The Hall–Kier alpha value is -1.38. The number of fused-ring (bicyclic) bond motifs is 1. The van der Waals surface area contributed by atoms with Gasteiger partial charge in [0.2, 0.25) is 0 Å². The topological polar surface area (TPSA) is 48.5 Å². The largest absolute Gasteiger partial charge is 0.351 e. The number of amides is 1. The number of aromatic nitrogens is 1. The van der Waals surface area contributed by atoms with Gasteiger partial charge in [0.15, 0.2) is 5.13 Å². The van der Waals surface area contributed by atoms with E-state index in [4.69, 9.17) is 28.2 Å². The zero-order chi connectivity index (χ0) is 20.4. The first kappa shape index (κ1) is 20.9. The maximum absolute atomic E-state index is 12.3. The number of benzene rings is 2. The molecular formula is C20H19BrCl2N4OS. The quantitative estimate of drug-likeness (QED) is 0.526. The maximum Gasteiger partial charge on any atom is 0.252 e. The fourth-order valence-corrected chi connectivity index (χ4v) is 5.34. The van der Waals surface area contributed by atoms with Crippen LogP contribution in [-0.4, -0.2) is 55.1 Å². The molecule has 0 atom stereocenters. The molecule has 2 heterocycles. The number of rotatable bonds is 5. The third-order valence-electron chi connectivity index (χ3n) is 4.87. The molecule has 5 nitrogen and oxygen atoms in total. The number of carbonyl (C=O) groups is 1. The van der Waals surface area contributed by atoms with Gasteiger partial charge in [-0.3, -0.25) is 9.69 Å². The molecule has 1 N–H and O–H groups in total. The van der Waals surface area contributed by atoms with Crippen LogP contribution < -0.4 is 10.2 Å². The number of halogens is 3. The second kappa shape index (κ2) is 9.18. The molecule has 3 aromatic rings. The lowest BCUT2D eigenvalue weighted by Gasteiger charge is -2.34. The Balaban J connectivity index is 1.26. The average Bonchev–Trinajstić information content (AvgIpc) is 3.11. The molecule has 1 amide bonds. The Morgan fingerprint density at radius 2 is 1.93 bits per heavy atom. The Morgan fingerprint density at radius 3 is 2.69 bits per heavy atom. The summed E-state index contributed by atoms with van der Waals surface area (Å²) < 4.78 is 2.27. The minimum absolute atomic E-state index is 0.175. The van der Waals surface area contributed by atoms with Gasteiger partial charge in [0, 0.05) is 48.8 Å². The predicted molar refractivity (Wildman–Crippen MR) is 125 cm³/mol. The van der Waals surface area contributed by atoms with Gasteiger partial charge in [-0.2, -0.15) is 0 Å². The van der Waals surface area contributed by atoms with Crippen LogP contribution in [0, 0.1) is 0 Å². The number of nitrogens with zero attached hydrogens (tertiary/aromatic N) is 3. The number of piperazine rings is 1. The van der Waals surface area contributed by atoms with Crippen molar-refractivity contribution in [2.75, 3.05) is 44.2 Å². The minimum Gasteiger partial charge on any atom is -0.351 e. The number of thiazole rings is 1. The highest BCUT2D eigenvalue weighted by Crippen LogP contribution is 2.31. The van der Waals surface area contributed by atoms with Crippen LogP contribution in [0.5, 0.6) is 0 Å². The lowest BCUT2D eigenvalue weighted by molar-refractivity contribution is 0.0948. The first-order valence-corrected chi connectivity index (χ1v) is 11.6. The van der Waals surface area contributed by atoms with Gasteiger partial charge in [0.05, 0.1) is 20.8 Å². The molecule has 0 aliphatic carbocycles. The summed E-state index contributed by atoms with van der Waals surface area (Å²) in [6.45, 7) is 5.12. The number of hydrogen-bond acceptors (Lipinski definition) is 5. The van der Waals surface area contributed by atoms with E-state index in [0.29, 0.717) is 22.2 Å². The number of carbonyl (C=O) groups excluding carboxylic acids is 1. The van der Waals surface area contributed by atoms with E-state index in [9.17, 15) is 4.79 Å². The van der Waals surface area contributed by atoms with Crippen LogP contribution in [0.4, 0.5) is 5.13 Å². The van der Waals surface area contributed by atoms with E-state index < -0.39 is 0 Å². The molecule has 4 rings (SSSR count). The molecule has 0 radical (unpaired) electrons.